The van der Waals surface area contributed by atoms with Gasteiger partial charge in [-0.1, -0.05) is 29.8 Å². The molecule has 1 unspecified atom stereocenters. The molecule has 20 heavy (non-hydrogen) atoms. The van der Waals surface area contributed by atoms with E-state index in [2.05, 4.69) is 22.6 Å². The Bertz CT molecular complexity index is 613. The lowest BCUT2D eigenvalue weighted by Crippen LogP contribution is -2.06. The summed E-state index contributed by atoms with van der Waals surface area (Å²) >= 11 is 8.29. The molecule has 0 saturated heterocycles. The largest absolute Gasteiger partial charge is 0.496 e. The summed E-state index contributed by atoms with van der Waals surface area (Å²) in [5.74, 6) is 0.746. The second kappa shape index (κ2) is 6.78. The third-order valence-electron chi connectivity index (χ3n) is 3.24. The number of methoxy groups -OCH3 is 1. The molecule has 2 rings (SSSR count). The number of aliphatic hydroxyl groups excluding tert-OH is 1. The second-order valence-corrected chi connectivity index (χ2v) is 6.17. The number of hydrogen-bond acceptors (Lipinski definition) is 2. The van der Waals surface area contributed by atoms with Gasteiger partial charge in [-0.3, -0.25) is 0 Å². The maximum Gasteiger partial charge on any atom is 0.122 e. The molecule has 0 bridgehead atoms. The van der Waals surface area contributed by atoms with E-state index in [0.29, 0.717) is 11.4 Å². The van der Waals surface area contributed by atoms with Gasteiger partial charge in [0.15, 0.2) is 0 Å². The SMILES string of the molecule is COc1ccc(Cl)cc1CC(O)c1cccc(C)c1I. The topological polar surface area (TPSA) is 29.5 Å². The minimum atomic E-state index is -0.575. The summed E-state index contributed by atoms with van der Waals surface area (Å²) in [7, 11) is 1.62. The molecule has 1 atom stereocenters. The highest BCUT2D eigenvalue weighted by Crippen LogP contribution is 2.30. The van der Waals surface area contributed by atoms with Crippen LogP contribution in [0.5, 0.6) is 5.75 Å². The van der Waals surface area contributed by atoms with Gasteiger partial charge in [0.1, 0.15) is 5.75 Å². The van der Waals surface area contributed by atoms with Gasteiger partial charge in [-0.15, -0.1) is 0 Å². The summed E-state index contributed by atoms with van der Waals surface area (Å²) in [5, 5.41) is 11.1. The van der Waals surface area contributed by atoms with Crippen molar-refractivity contribution >= 4 is 34.2 Å². The van der Waals surface area contributed by atoms with Gasteiger partial charge in [0.05, 0.1) is 13.2 Å². The number of halogens is 2. The van der Waals surface area contributed by atoms with Crippen molar-refractivity contribution in [3.05, 3.63) is 61.7 Å². The Hall–Kier alpha value is -0.780. The minimum Gasteiger partial charge on any atom is -0.496 e. The molecule has 0 aliphatic carbocycles. The molecule has 0 spiro atoms. The van der Waals surface area contributed by atoms with Gasteiger partial charge in [0, 0.05) is 15.0 Å². The van der Waals surface area contributed by atoms with Crippen LogP contribution in [0.15, 0.2) is 36.4 Å². The van der Waals surface area contributed by atoms with Gasteiger partial charge in [-0.2, -0.15) is 0 Å². The summed E-state index contributed by atoms with van der Waals surface area (Å²) in [4.78, 5) is 0. The molecule has 0 saturated carbocycles. The molecule has 0 aliphatic rings. The summed E-state index contributed by atoms with van der Waals surface area (Å²) in [6.07, 6.45) is -0.0995. The van der Waals surface area contributed by atoms with Crippen LogP contribution >= 0.6 is 34.2 Å². The van der Waals surface area contributed by atoms with E-state index in [4.69, 9.17) is 16.3 Å². The van der Waals surface area contributed by atoms with E-state index in [1.807, 2.05) is 37.3 Å². The fourth-order valence-corrected chi connectivity index (χ4v) is 3.07. The number of hydrogen-bond donors (Lipinski definition) is 1. The van der Waals surface area contributed by atoms with Gasteiger partial charge in [-0.05, 0) is 64.4 Å². The Morgan fingerprint density at radius 2 is 2.05 bits per heavy atom. The lowest BCUT2D eigenvalue weighted by atomic mass is 9.99. The van der Waals surface area contributed by atoms with Crippen LogP contribution in [-0.4, -0.2) is 12.2 Å². The Kier molecular flexibility index (Phi) is 5.29. The van der Waals surface area contributed by atoms with Crippen molar-refractivity contribution in [3.63, 3.8) is 0 Å². The van der Waals surface area contributed by atoms with Gasteiger partial charge in [0.2, 0.25) is 0 Å². The molecule has 0 aliphatic heterocycles. The molecule has 0 aromatic heterocycles. The van der Waals surface area contributed by atoms with Gasteiger partial charge < -0.3 is 9.84 Å². The molecular formula is C16H16ClIO2. The van der Waals surface area contributed by atoms with Crippen LogP contribution in [-0.2, 0) is 6.42 Å². The van der Waals surface area contributed by atoms with E-state index in [9.17, 15) is 5.11 Å². The number of aryl methyl sites for hydroxylation is 1. The van der Waals surface area contributed by atoms with Crippen molar-refractivity contribution < 1.29 is 9.84 Å². The molecule has 1 N–H and O–H groups in total. The van der Waals surface area contributed by atoms with E-state index in [-0.39, 0.29) is 0 Å². The standard InChI is InChI=1S/C16H16ClIO2/c1-10-4-3-5-13(16(10)18)14(19)9-11-8-12(17)6-7-15(11)20-2/h3-8,14,19H,9H2,1-2H3. The van der Waals surface area contributed by atoms with Crippen LogP contribution in [0.3, 0.4) is 0 Å². The van der Waals surface area contributed by atoms with Crippen molar-refractivity contribution in [3.8, 4) is 5.75 Å². The van der Waals surface area contributed by atoms with Crippen molar-refractivity contribution in [2.24, 2.45) is 0 Å². The molecular weight excluding hydrogens is 387 g/mol. The lowest BCUT2D eigenvalue weighted by Gasteiger charge is -2.16. The monoisotopic (exact) mass is 402 g/mol. The molecule has 0 heterocycles. The molecule has 0 amide bonds. The van der Waals surface area contributed by atoms with Gasteiger partial charge in [-0.25, -0.2) is 0 Å². The Labute approximate surface area is 137 Å². The van der Waals surface area contributed by atoms with E-state index in [0.717, 1.165) is 20.4 Å². The van der Waals surface area contributed by atoms with Crippen LogP contribution in [0.1, 0.15) is 22.8 Å². The number of benzene rings is 2. The summed E-state index contributed by atoms with van der Waals surface area (Å²) < 4.78 is 6.42. The molecule has 4 heteroatoms. The molecule has 2 aromatic rings. The Morgan fingerprint density at radius 3 is 2.75 bits per heavy atom. The van der Waals surface area contributed by atoms with Crippen molar-refractivity contribution in [1.29, 1.82) is 0 Å². The van der Waals surface area contributed by atoms with Crippen molar-refractivity contribution in [2.75, 3.05) is 7.11 Å². The van der Waals surface area contributed by atoms with E-state index in [1.165, 1.54) is 5.56 Å². The van der Waals surface area contributed by atoms with Gasteiger partial charge in [0.25, 0.3) is 0 Å². The van der Waals surface area contributed by atoms with Crippen LogP contribution < -0.4 is 4.74 Å². The Balaban J connectivity index is 2.30. The van der Waals surface area contributed by atoms with Crippen LogP contribution in [0.4, 0.5) is 0 Å². The number of ether oxygens (including phenoxy) is 1. The van der Waals surface area contributed by atoms with Gasteiger partial charge >= 0.3 is 0 Å². The highest BCUT2D eigenvalue weighted by molar-refractivity contribution is 14.1. The first-order valence-corrected chi connectivity index (χ1v) is 7.74. The van der Waals surface area contributed by atoms with Crippen LogP contribution in [0, 0.1) is 10.5 Å². The molecule has 2 aromatic carbocycles. The first-order chi connectivity index (χ1) is 9.52. The number of rotatable bonds is 4. The van der Waals surface area contributed by atoms with Crippen molar-refractivity contribution in [2.45, 2.75) is 19.4 Å². The zero-order valence-corrected chi connectivity index (χ0v) is 14.3. The molecule has 2 nitrogen and oxygen atoms in total. The van der Waals surface area contributed by atoms with E-state index >= 15 is 0 Å². The second-order valence-electron chi connectivity index (χ2n) is 4.65. The van der Waals surface area contributed by atoms with Crippen LogP contribution in [0.2, 0.25) is 5.02 Å². The lowest BCUT2D eigenvalue weighted by molar-refractivity contribution is 0.176. The summed E-state index contributed by atoms with van der Waals surface area (Å²) in [6.45, 7) is 2.04. The quantitative estimate of drug-likeness (QED) is 0.761. The average Bonchev–Trinajstić information content (AvgIpc) is 2.42. The first-order valence-electron chi connectivity index (χ1n) is 6.28. The first kappa shape index (κ1) is 15.6. The third-order valence-corrected chi connectivity index (χ3v) is 4.95. The van der Waals surface area contributed by atoms with Crippen molar-refractivity contribution in [1.82, 2.24) is 0 Å². The van der Waals surface area contributed by atoms with Crippen LogP contribution in [0.25, 0.3) is 0 Å². The van der Waals surface area contributed by atoms with E-state index < -0.39 is 6.10 Å². The minimum absolute atomic E-state index is 0.475. The predicted molar refractivity (Wildman–Crippen MR) is 90.6 cm³/mol. The predicted octanol–water partition coefficient (Wildman–Crippen LogP) is 4.54. The zero-order valence-electron chi connectivity index (χ0n) is 11.4. The third kappa shape index (κ3) is 3.45. The highest BCUT2D eigenvalue weighted by Gasteiger charge is 2.15. The fraction of sp³-hybridized carbons (Fsp3) is 0.250. The normalized spacial score (nSPS) is 12.2. The molecule has 0 radical (unpaired) electrons. The maximum atomic E-state index is 10.5. The smallest absolute Gasteiger partial charge is 0.122 e. The Morgan fingerprint density at radius 1 is 1.30 bits per heavy atom. The average molecular weight is 403 g/mol. The van der Waals surface area contributed by atoms with E-state index in [1.54, 1.807) is 13.2 Å². The maximum absolute atomic E-state index is 10.5. The molecule has 106 valence electrons. The number of aliphatic hydroxyl groups is 1. The summed E-state index contributed by atoms with van der Waals surface area (Å²) in [5.41, 5.74) is 3.01. The zero-order chi connectivity index (χ0) is 14.7. The summed E-state index contributed by atoms with van der Waals surface area (Å²) in [6, 6.07) is 11.4. The fourth-order valence-electron chi connectivity index (χ4n) is 2.15. The highest BCUT2D eigenvalue weighted by atomic mass is 127. The molecule has 0 fully saturated rings.